The third-order valence-corrected chi connectivity index (χ3v) is 4.49. The summed E-state index contributed by atoms with van der Waals surface area (Å²) >= 11 is 0. The molecule has 28 heavy (non-hydrogen) atoms. The van der Waals surface area contributed by atoms with Crippen LogP contribution >= 0.6 is 0 Å². The van der Waals surface area contributed by atoms with Crippen LogP contribution in [0.2, 0.25) is 0 Å². The number of ether oxygens (including phenoxy) is 1. The van der Waals surface area contributed by atoms with Crippen LogP contribution in [0, 0.1) is 6.92 Å². The molecule has 0 fully saturated rings. The van der Waals surface area contributed by atoms with Crippen LogP contribution in [0.5, 0.6) is 17.6 Å². The Morgan fingerprint density at radius 2 is 1.71 bits per heavy atom. The van der Waals surface area contributed by atoms with Crippen LogP contribution in [-0.4, -0.2) is 27.1 Å². The molecule has 0 aliphatic carbocycles. The number of pyridine rings is 1. The van der Waals surface area contributed by atoms with E-state index >= 15 is 0 Å². The molecular formula is C22H20N4O2. The van der Waals surface area contributed by atoms with Crippen molar-refractivity contribution in [3.8, 4) is 17.6 Å². The zero-order chi connectivity index (χ0) is 19.5. The van der Waals surface area contributed by atoms with Gasteiger partial charge in [0.05, 0.1) is 17.1 Å². The van der Waals surface area contributed by atoms with Gasteiger partial charge in [-0.1, -0.05) is 29.8 Å². The Hall–Kier alpha value is -3.67. The van der Waals surface area contributed by atoms with Gasteiger partial charge in [-0.05, 0) is 42.8 Å². The minimum absolute atomic E-state index is 0.0822. The summed E-state index contributed by atoms with van der Waals surface area (Å²) in [5, 5.41) is 10.6. The fraction of sp³-hybridized carbons (Fsp3) is 0.136. The third-order valence-electron chi connectivity index (χ3n) is 4.49. The zero-order valence-electron chi connectivity index (χ0n) is 15.7. The van der Waals surface area contributed by atoms with E-state index in [4.69, 9.17) is 4.74 Å². The molecule has 0 unspecified atom stereocenters. The Morgan fingerprint density at radius 1 is 0.964 bits per heavy atom. The van der Waals surface area contributed by atoms with Crippen molar-refractivity contribution < 1.29 is 9.84 Å². The highest BCUT2D eigenvalue weighted by Crippen LogP contribution is 2.27. The molecule has 0 aliphatic heterocycles. The van der Waals surface area contributed by atoms with Gasteiger partial charge in [0.2, 0.25) is 5.88 Å². The molecule has 140 valence electrons. The number of rotatable bonds is 5. The van der Waals surface area contributed by atoms with E-state index in [9.17, 15) is 5.11 Å². The molecule has 6 nitrogen and oxygen atoms in total. The van der Waals surface area contributed by atoms with Crippen LogP contribution in [0.4, 0.5) is 5.69 Å². The highest BCUT2D eigenvalue weighted by molar-refractivity contribution is 5.82. The first kappa shape index (κ1) is 17.7. The van der Waals surface area contributed by atoms with E-state index in [0.29, 0.717) is 16.7 Å². The largest absolute Gasteiger partial charge is 0.493 e. The molecule has 2 aromatic carbocycles. The number of anilines is 1. The van der Waals surface area contributed by atoms with Crippen LogP contribution in [0.15, 0.2) is 67.0 Å². The minimum Gasteiger partial charge on any atom is -0.493 e. The van der Waals surface area contributed by atoms with Gasteiger partial charge < -0.3 is 14.7 Å². The lowest BCUT2D eigenvalue weighted by Gasteiger charge is -2.19. The summed E-state index contributed by atoms with van der Waals surface area (Å²) in [6, 6.07) is 17.9. The van der Waals surface area contributed by atoms with Gasteiger partial charge in [0.25, 0.3) is 0 Å². The first-order valence-corrected chi connectivity index (χ1v) is 8.94. The molecule has 0 bridgehead atoms. The number of hydrogen-bond acceptors (Lipinski definition) is 6. The van der Waals surface area contributed by atoms with Gasteiger partial charge in [0.15, 0.2) is 0 Å². The molecule has 4 aromatic rings. The Bertz CT molecular complexity index is 1100. The summed E-state index contributed by atoms with van der Waals surface area (Å²) in [4.78, 5) is 14.5. The Balaban J connectivity index is 1.48. The Labute approximate surface area is 163 Å². The van der Waals surface area contributed by atoms with Crippen molar-refractivity contribution in [2.24, 2.45) is 0 Å². The maximum Gasteiger partial charge on any atom is 0.325 e. The van der Waals surface area contributed by atoms with Crippen molar-refractivity contribution >= 4 is 16.6 Å². The second kappa shape index (κ2) is 7.52. The predicted molar refractivity (Wildman–Crippen MR) is 109 cm³/mol. The quantitative estimate of drug-likeness (QED) is 0.557. The molecule has 2 aromatic heterocycles. The van der Waals surface area contributed by atoms with Crippen LogP contribution in [0.3, 0.4) is 0 Å². The van der Waals surface area contributed by atoms with E-state index < -0.39 is 0 Å². The Morgan fingerprint density at radius 3 is 2.46 bits per heavy atom. The number of benzene rings is 2. The highest BCUT2D eigenvalue weighted by Gasteiger charge is 2.09. The standard InChI is InChI=1S/C22H20N4O2/c1-15-3-5-16(6-4-15)14-26(2)17-7-9-18(10-8-17)28-22-24-20-13-23-12-11-19(20)21(27)25-22/h3-13H,14H2,1-2H3,(H,24,25,27). The van der Waals surface area contributed by atoms with Crippen molar-refractivity contribution in [1.82, 2.24) is 15.0 Å². The van der Waals surface area contributed by atoms with E-state index in [1.165, 1.54) is 11.1 Å². The summed E-state index contributed by atoms with van der Waals surface area (Å²) in [7, 11) is 2.05. The molecule has 4 rings (SSSR count). The number of aromatic nitrogens is 3. The summed E-state index contributed by atoms with van der Waals surface area (Å²) in [6.45, 7) is 2.90. The number of aromatic hydroxyl groups is 1. The number of aryl methyl sites for hydroxylation is 1. The zero-order valence-corrected chi connectivity index (χ0v) is 15.7. The van der Waals surface area contributed by atoms with Gasteiger partial charge in [-0.3, -0.25) is 4.98 Å². The van der Waals surface area contributed by atoms with E-state index in [-0.39, 0.29) is 11.9 Å². The van der Waals surface area contributed by atoms with Crippen LogP contribution in [0.1, 0.15) is 11.1 Å². The molecule has 0 amide bonds. The highest BCUT2D eigenvalue weighted by atomic mass is 16.5. The van der Waals surface area contributed by atoms with Crippen LogP contribution in [0.25, 0.3) is 10.9 Å². The molecular weight excluding hydrogens is 352 g/mol. The lowest BCUT2D eigenvalue weighted by atomic mass is 10.1. The molecule has 0 saturated heterocycles. The van der Waals surface area contributed by atoms with E-state index in [0.717, 1.165) is 12.2 Å². The predicted octanol–water partition coefficient (Wildman–Crippen LogP) is 4.47. The van der Waals surface area contributed by atoms with Crippen molar-refractivity contribution in [2.45, 2.75) is 13.5 Å². The molecule has 2 heterocycles. The van der Waals surface area contributed by atoms with Crippen molar-refractivity contribution in [1.29, 1.82) is 0 Å². The number of nitrogens with zero attached hydrogens (tertiary/aromatic N) is 4. The molecule has 0 aliphatic rings. The fourth-order valence-corrected chi connectivity index (χ4v) is 2.92. The normalized spacial score (nSPS) is 10.8. The van der Waals surface area contributed by atoms with Crippen LogP contribution in [-0.2, 0) is 6.54 Å². The van der Waals surface area contributed by atoms with Gasteiger partial charge in [-0.2, -0.15) is 9.97 Å². The van der Waals surface area contributed by atoms with E-state index in [2.05, 4.69) is 51.0 Å². The summed E-state index contributed by atoms with van der Waals surface area (Å²) in [5.41, 5.74) is 4.10. The second-order valence-electron chi connectivity index (χ2n) is 6.66. The van der Waals surface area contributed by atoms with E-state index in [1.807, 2.05) is 31.3 Å². The molecule has 0 atom stereocenters. The minimum atomic E-state index is -0.128. The average Bonchev–Trinajstić information content (AvgIpc) is 2.70. The second-order valence-corrected chi connectivity index (χ2v) is 6.66. The molecule has 6 heteroatoms. The van der Waals surface area contributed by atoms with Crippen LogP contribution < -0.4 is 9.64 Å². The summed E-state index contributed by atoms with van der Waals surface area (Å²) < 4.78 is 5.70. The first-order chi connectivity index (χ1) is 13.6. The van der Waals surface area contributed by atoms with Gasteiger partial charge in [0, 0.05) is 25.5 Å². The fourth-order valence-electron chi connectivity index (χ4n) is 2.92. The van der Waals surface area contributed by atoms with Crippen molar-refractivity contribution in [3.05, 3.63) is 78.1 Å². The SMILES string of the molecule is Cc1ccc(CN(C)c2ccc(Oc3nc(O)c4ccncc4n3)cc2)cc1. The molecule has 1 N–H and O–H groups in total. The number of hydrogen-bond donors (Lipinski definition) is 1. The van der Waals surface area contributed by atoms with E-state index in [1.54, 1.807) is 18.5 Å². The lowest BCUT2D eigenvalue weighted by Crippen LogP contribution is -2.16. The lowest BCUT2D eigenvalue weighted by molar-refractivity contribution is 0.412. The maximum atomic E-state index is 10.0. The summed E-state index contributed by atoms with van der Waals surface area (Å²) in [5.74, 6) is 0.465. The van der Waals surface area contributed by atoms with Gasteiger partial charge >= 0.3 is 6.01 Å². The maximum absolute atomic E-state index is 10.0. The molecule has 0 saturated carbocycles. The molecule has 0 radical (unpaired) electrons. The van der Waals surface area contributed by atoms with Gasteiger partial charge in [-0.25, -0.2) is 0 Å². The first-order valence-electron chi connectivity index (χ1n) is 8.94. The third kappa shape index (κ3) is 3.86. The van der Waals surface area contributed by atoms with Gasteiger partial charge in [-0.15, -0.1) is 0 Å². The number of fused-ring (bicyclic) bond motifs is 1. The van der Waals surface area contributed by atoms with Crippen molar-refractivity contribution in [2.75, 3.05) is 11.9 Å². The topological polar surface area (TPSA) is 71.4 Å². The Kier molecular flexibility index (Phi) is 4.76. The molecule has 0 spiro atoms. The monoisotopic (exact) mass is 372 g/mol. The summed E-state index contributed by atoms with van der Waals surface area (Å²) in [6.07, 6.45) is 3.14. The van der Waals surface area contributed by atoms with Crippen molar-refractivity contribution in [3.63, 3.8) is 0 Å². The average molecular weight is 372 g/mol. The van der Waals surface area contributed by atoms with Gasteiger partial charge in [0.1, 0.15) is 5.75 Å². The smallest absolute Gasteiger partial charge is 0.325 e.